The number of nitrogens with two attached hydrogens (primary N) is 1. The van der Waals surface area contributed by atoms with E-state index >= 15 is 0 Å². The zero-order chi connectivity index (χ0) is 12.3. The number of aliphatic carboxylic acids is 2. The molecule has 0 bridgehead atoms. The first-order valence-electron chi connectivity index (χ1n) is 4.91. The summed E-state index contributed by atoms with van der Waals surface area (Å²) in [5, 5.41) is 17.3. The molecule has 1 aliphatic rings. The molecule has 7 heteroatoms. The fraction of sp³-hybridized carbons (Fsp3) is 0.667. The van der Waals surface area contributed by atoms with E-state index in [9.17, 15) is 14.4 Å². The van der Waals surface area contributed by atoms with Crippen molar-refractivity contribution in [2.75, 3.05) is 6.54 Å². The summed E-state index contributed by atoms with van der Waals surface area (Å²) in [5.41, 5.74) is 5.57. The van der Waals surface area contributed by atoms with Gasteiger partial charge >= 0.3 is 11.9 Å². The van der Waals surface area contributed by atoms with Gasteiger partial charge in [0.2, 0.25) is 5.91 Å². The van der Waals surface area contributed by atoms with E-state index in [1.54, 1.807) is 0 Å². The summed E-state index contributed by atoms with van der Waals surface area (Å²) in [6, 6.07) is -1.27. The van der Waals surface area contributed by atoms with E-state index < -0.39 is 23.9 Å². The number of carbonyl (C=O) groups excluding carboxylic acids is 1. The van der Waals surface area contributed by atoms with Crippen molar-refractivity contribution >= 4 is 17.8 Å². The molecule has 0 aliphatic carbocycles. The van der Waals surface area contributed by atoms with Crippen molar-refractivity contribution in [3.63, 3.8) is 0 Å². The van der Waals surface area contributed by atoms with Crippen molar-refractivity contribution in [2.45, 2.75) is 31.3 Å². The van der Waals surface area contributed by atoms with Gasteiger partial charge < -0.3 is 20.8 Å². The van der Waals surface area contributed by atoms with E-state index in [1.165, 1.54) is 0 Å². The molecule has 1 amide bonds. The molecule has 1 aliphatic heterocycles. The highest BCUT2D eigenvalue weighted by molar-refractivity contribution is 5.86. The van der Waals surface area contributed by atoms with Crippen LogP contribution in [0.15, 0.2) is 0 Å². The van der Waals surface area contributed by atoms with Crippen LogP contribution in [-0.4, -0.2) is 51.6 Å². The van der Waals surface area contributed by atoms with Gasteiger partial charge in [-0.1, -0.05) is 0 Å². The molecule has 0 unspecified atom stereocenters. The maximum Gasteiger partial charge on any atom is 0.326 e. The van der Waals surface area contributed by atoms with Crippen molar-refractivity contribution in [1.82, 2.24) is 4.90 Å². The molecule has 90 valence electrons. The molecule has 16 heavy (non-hydrogen) atoms. The lowest BCUT2D eigenvalue weighted by atomic mass is 10.2. The van der Waals surface area contributed by atoms with Crippen LogP contribution in [-0.2, 0) is 14.4 Å². The van der Waals surface area contributed by atoms with Crippen LogP contribution in [0.4, 0.5) is 0 Å². The van der Waals surface area contributed by atoms with Crippen molar-refractivity contribution < 1.29 is 24.6 Å². The quantitative estimate of drug-likeness (QED) is 0.561. The molecule has 0 saturated carbocycles. The van der Waals surface area contributed by atoms with Crippen LogP contribution < -0.4 is 5.73 Å². The molecular formula is C9H14N2O5. The van der Waals surface area contributed by atoms with Crippen LogP contribution in [0.3, 0.4) is 0 Å². The molecule has 1 saturated heterocycles. The predicted octanol–water partition coefficient (Wildman–Crippen LogP) is -1.14. The van der Waals surface area contributed by atoms with Crippen LogP contribution in [0.2, 0.25) is 0 Å². The fourth-order valence-corrected chi connectivity index (χ4v) is 1.74. The standard InChI is InChI=1S/C9H14N2O5/c10-5-3-6(9(15)16)11(4-5)7(12)1-2-8(13)14/h5-6H,1-4,10H2,(H,13,14)(H,15,16)/t5-,6+/m0/s1. The van der Waals surface area contributed by atoms with Crippen molar-refractivity contribution in [1.29, 1.82) is 0 Å². The SMILES string of the molecule is N[C@H]1C[C@H](C(=O)O)N(C(=O)CCC(=O)O)C1. The Bertz CT molecular complexity index is 317. The normalized spacial score (nSPS) is 24.4. The first kappa shape index (κ1) is 12.4. The number of amides is 1. The first-order valence-corrected chi connectivity index (χ1v) is 4.91. The Morgan fingerprint density at radius 3 is 2.38 bits per heavy atom. The summed E-state index contributed by atoms with van der Waals surface area (Å²) in [6.45, 7) is 0.176. The van der Waals surface area contributed by atoms with Crippen LogP contribution >= 0.6 is 0 Å². The largest absolute Gasteiger partial charge is 0.481 e. The van der Waals surface area contributed by atoms with Crippen LogP contribution in [0.1, 0.15) is 19.3 Å². The smallest absolute Gasteiger partial charge is 0.326 e. The highest BCUT2D eigenvalue weighted by atomic mass is 16.4. The van der Waals surface area contributed by atoms with Gasteiger partial charge in [-0.15, -0.1) is 0 Å². The minimum atomic E-state index is -1.10. The lowest BCUT2D eigenvalue weighted by molar-refractivity contribution is -0.148. The molecule has 1 heterocycles. The topological polar surface area (TPSA) is 121 Å². The predicted molar refractivity (Wildman–Crippen MR) is 52.6 cm³/mol. The summed E-state index contributed by atoms with van der Waals surface area (Å²) >= 11 is 0. The second-order valence-corrected chi connectivity index (χ2v) is 3.79. The number of carboxylic acids is 2. The second kappa shape index (κ2) is 4.93. The molecule has 1 rings (SSSR count). The van der Waals surface area contributed by atoms with Gasteiger partial charge in [0.25, 0.3) is 0 Å². The lowest BCUT2D eigenvalue weighted by Crippen LogP contribution is -2.40. The molecule has 4 N–H and O–H groups in total. The molecule has 0 aromatic rings. The molecule has 2 atom stereocenters. The first-order chi connectivity index (χ1) is 7.41. The maximum absolute atomic E-state index is 11.6. The molecule has 0 radical (unpaired) electrons. The van der Waals surface area contributed by atoms with E-state index in [2.05, 4.69) is 0 Å². The number of hydrogen-bond acceptors (Lipinski definition) is 4. The number of hydrogen-bond donors (Lipinski definition) is 3. The van der Waals surface area contributed by atoms with Gasteiger partial charge in [-0.25, -0.2) is 4.79 Å². The monoisotopic (exact) mass is 230 g/mol. The van der Waals surface area contributed by atoms with E-state index in [0.717, 1.165) is 4.90 Å². The summed E-state index contributed by atoms with van der Waals surface area (Å²) in [7, 11) is 0. The maximum atomic E-state index is 11.6. The molecular weight excluding hydrogens is 216 g/mol. The Morgan fingerprint density at radius 1 is 1.25 bits per heavy atom. The molecule has 0 spiro atoms. The number of carbonyl (C=O) groups is 3. The Morgan fingerprint density at radius 2 is 1.88 bits per heavy atom. The van der Waals surface area contributed by atoms with Crippen molar-refractivity contribution in [3.05, 3.63) is 0 Å². The van der Waals surface area contributed by atoms with E-state index in [1.807, 2.05) is 0 Å². The molecule has 0 aromatic heterocycles. The van der Waals surface area contributed by atoms with Gasteiger partial charge in [0.15, 0.2) is 0 Å². The minimum absolute atomic E-state index is 0.176. The third-order valence-corrected chi connectivity index (χ3v) is 2.49. The van der Waals surface area contributed by atoms with Crippen LogP contribution in [0.25, 0.3) is 0 Å². The van der Waals surface area contributed by atoms with E-state index in [0.29, 0.717) is 0 Å². The Hall–Kier alpha value is -1.63. The fourth-order valence-electron chi connectivity index (χ4n) is 1.74. The highest BCUT2D eigenvalue weighted by Crippen LogP contribution is 2.18. The number of likely N-dealkylation sites (tertiary alicyclic amines) is 1. The van der Waals surface area contributed by atoms with Crippen molar-refractivity contribution in [2.24, 2.45) is 5.73 Å². The van der Waals surface area contributed by atoms with E-state index in [-0.39, 0.29) is 31.8 Å². The van der Waals surface area contributed by atoms with Gasteiger partial charge in [0, 0.05) is 19.0 Å². The van der Waals surface area contributed by atoms with Gasteiger partial charge in [-0.3, -0.25) is 9.59 Å². The van der Waals surface area contributed by atoms with Gasteiger partial charge in [0.1, 0.15) is 6.04 Å². The third-order valence-electron chi connectivity index (χ3n) is 2.49. The van der Waals surface area contributed by atoms with E-state index in [4.69, 9.17) is 15.9 Å². The third kappa shape index (κ3) is 2.93. The number of nitrogens with zero attached hydrogens (tertiary/aromatic N) is 1. The van der Waals surface area contributed by atoms with Crippen LogP contribution in [0.5, 0.6) is 0 Å². The van der Waals surface area contributed by atoms with Gasteiger partial charge in [-0.2, -0.15) is 0 Å². The molecule has 7 nitrogen and oxygen atoms in total. The van der Waals surface area contributed by atoms with Gasteiger partial charge in [-0.05, 0) is 6.42 Å². The number of carboxylic acid groups (broad SMARTS) is 2. The van der Waals surface area contributed by atoms with Crippen LogP contribution in [0, 0.1) is 0 Å². The molecule has 0 aromatic carbocycles. The summed E-state index contributed by atoms with van der Waals surface area (Å²) in [6.07, 6.45) is -0.267. The average molecular weight is 230 g/mol. The zero-order valence-electron chi connectivity index (χ0n) is 8.63. The van der Waals surface area contributed by atoms with Crippen molar-refractivity contribution in [3.8, 4) is 0 Å². The zero-order valence-corrected chi connectivity index (χ0v) is 8.63. The number of rotatable bonds is 4. The minimum Gasteiger partial charge on any atom is -0.481 e. The average Bonchev–Trinajstić information content (AvgIpc) is 2.56. The lowest BCUT2D eigenvalue weighted by Gasteiger charge is -2.20. The molecule has 1 fully saturated rings. The van der Waals surface area contributed by atoms with Gasteiger partial charge in [0.05, 0.1) is 6.42 Å². The Balaban J connectivity index is 2.59. The summed E-state index contributed by atoms with van der Waals surface area (Å²) in [5.74, 6) is -2.65. The highest BCUT2D eigenvalue weighted by Gasteiger charge is 2.37. The Labute approximate surface area is 91.8 Å². The summed E-state index contributed by atoms with van der Waals surface area (Å²) < 4.78 is 0. The second-order valence-electron chi connectivity index (χ2n) is 3.79. The summed E-state index contributed by atoms with van der Waals surface area (Å²) in [4.78, 5) is 33.8. The Kier molecular flexibility index (Phi) is 3.83.